The molecule has 8 heteroatoms. The van der Waals surface area contributed by atoms with E-state index >= 15 is 0 Å². The Hall–Kier alpha value is -3.26. The maximum Gasteiger partial charge on any atom is 0.234 e. The molecule has 1 amide bonds. The van der Waals surface area contributed by atoms with Gasteiger partial charge >= 0.3 is 0 Å². The van der Waals surface area contributed by atoms with Crippen molar-refractivity contribution < 1.29 is 14.4 Å². The fourth-order valence-electron chi connectivity index (χ4n) is 3.37. The number of carbonyl (C=O) groups is 3. The van der Waals surface area contributed by atoms with Crippen LogP contribution in [-0.4, -0.2) is 38.4 Å². The lowest BCUT2D eigenvalue weighted by Crippen LogP contribution is -2.21. The molecular formula is C21H16N4O3S. The highest BCUT2D eigenvalue weighted by Crippen LogP contribution is 2.38. The first kappa shape index (κ1) is 17.8. The van der Waals surface area contributed by atoms with E-state index in [1.54, 1.807) is 42.5 Å². The molecule has 1 fully saturated rings. The molecule has 0 saturated heterocycles. The summed E-state index contributed by atoms with van der Waals surface area (Å²) < 4.78 is 0. The van der Waals surface area contributed by atoms with Crippen LogP contribution >= 0.6 is 11.8 Å². The first-order valence-corrected chi connectivity index (χ1v) is 10.3. The molecule has 144 valence electrons. The Bertz CT molecular complexity index is 1170. The highest BCUT2D eigenvalue weighted by atomic mass is 32.2. The lowest BCUT2D eigenvalue weighted by molar-refractivity contribution is -0.113. The predicted molar refractivity (Wildman–Crippen MR) is 107 cm³/mol. The van der Waals surface area contributed by atoms with E-state index in [2.05, 4.69) is 20.5 Å². The van der Waals surface area contributed by atoms with Crippen molar-refractivity contribution in [1.82, 2.24) is 15.2 Å². The Labute approximate surface area is 170 Å². The summed E-state index contributed by atoms with van der Waals surface area (Å²) in [7, 11) is 0. The second kappa shape index (κ2) is 6.97. The van der Waals surface area contributed by atoms with Crippen LogP contribution in [0, 0.1) is 0 Å². The average molecular weight is 404 g/mol. The number of H-pyrrole nitrogens is 1. The number of carbonyl (C=O) groups excluding carboxylic acids is 3. The second-order valence-electron chi connectivity index (χ2n) is 7.08. The van der Waals surface area contributed by atoms with Gasteiger partial charge in [0.25, 0.3) is 0 Å². The van der Waals surface area contributed by atoms with E-state index in [9.17, 15) is 14.4 Å². The number of hydrogen-bond acceptors (Lipinski definition) is 6. The van der Waals surface area contributed by atoms with Gasteiger partial charge in [-0.05, 0) is 31.0 Å². The second-order valence-corrected chi connectivity index (χ2v) is 8.02. The third kappa shape index (κ3) is 3.36. The third-order valence-electron chi connectivity index (χ3n) is 4.99. The number of rotatable bonds is 5. The first-order chi connectivity index (χ1) is 14.1. The molecule has 29 heavy (non-hydrogen) atoms. The smallest absolute Gasteiger partial charge is 0.234 e. The standard InChI is InChI=1S/C21H16N4O3S/c26-17(10-29-21-23-20(24-25-21)11-5-6-11)22-12-7-8-15-16(9-12)19(28)14-4-2-1-3-13(14)18(15)27/h1-4,7-9,11H,5-6,10H2,(H,22,26)(H,23,24,25). The van der Waals surface area contributed by atoms with Gasteiger partial charge in [0.1, 0.15) is 5.82 Å². The summed E-state index contributed by atoms with van der Waals surface area (Å²) in [4.78, 5) is 42.1. The zero-order valence-corrected chi connectivity index (χ0v) is 16.1. The van der Waals surface area contributed by atoms with Gasteiger partial charge in [0.05, 0.1) is 5.75 Å². The molecule has 0 bridgehead atoms. The summed E-state index contributed by atoms with van der Waals surface area (Å²) in [6.45, 7) is 0. The number of aromatic nitrogens is 3. The SMILES string of the molecule is O=C(CSc1n[nH]c(C2CC2)n1)Nc1ccc2c(c1)C(=O)c1ccccc1C2=O. The van der Waals surface area contributed by atoms with E-state index in [-0.39, 0.29) is 23.2 Å². The van der Waals surface area contributed by atoms with Crippen molar-refractivity contribution in [2.24, 2.45) is 0 Å². The van der Waals surface area contributed by atoms with Gasteiger partial charge in [-0.3, -0.25) is 19.5 Å². The molecule has 1 aromatic heterocycles. The number of fused-ring (bicyclic) bond motifs is 2. The van der Waals surface area contributed by atoms with Crippen LogP contribution < -0.4 is 5.32 Å². The van der Waals surface area contributed by atoms with Crippen LogP contribution in [-0.2, 0) is 4.79 Å². The lowest BCUT2D eigenvalue weighted by atomic mass is 9.84. The van der Waals surface area contributed by atoms with Crippen molar-refractivity contribution in [2.45, 2.75) is 23.9 Å². The molecule has 1 saturated carbocycles. The van der Waals surface area contributed by atoms with Crippen LogP contribution in [0.5, 0.6) is 0 Å². The van der Waals surface area contributed by atoms with E-state index in [1.165, 1.54) is 11.8 Å². The van der Waals surface area contributed by atoms with Gasteiger partial charge in [0, 0.05) is 33.9 Å². The molecule has 0 atom stereocenters. The molecule has 2 N–H and O–H groups in total. The molecule has 0 radical (unpaired) electrons. The summed E-state index contributed by atoms with van der Waals surface area (Å²) in [5.74, 6) is 0.878. The maximum atomic E-state index is 12.8. The van der Waals surface area contributed by atoms with Gasteiger partial charge in [-0.15, -0.1) is 5.10 Å². The van der Waals surface area contributed by atoms with E-state index in [1.807, 2.05) is 0 Å². The zero-order valence-electron chi connectivity index (χ0n) is 15.3. The van der Waals surface area contributed by atoms with Crippen molar-refractivity contribution in [3.8, 4) is 0 Å². The van der Waals surface area contributed by atoms with Gasteiger partial charge in [-0.25, -0.2) is 4.98 Å². The minimum absolute atomic E-state index is 0.148. The summed E-state index contributed by atoms with van der Waals surface area (Å²) in [5, 5.41) is 10.3. The molecule has 2 aliphatic rings. The van der Waals surface area contributed by atoms with E-state index in [4.69, 9.17) is 0 Å². The molecule has 0 unspecified atom stereocenters. The predicted octanol–water partition coefficient (Wildman–Crippen LogP) is 3.19. The molecule has 2 aromatic carbocycles. The number of aromatic amines is 1. The molecule has 7 nitrogen and oxygen atoms in total. The summed E-state index contributed by atoms with van der Waals surface area (Å²) in [5.41, 5.74) is 1.94. The maximum absolute atomic E-state index is 12.8. The summed E-state index contributed by atoms with van der Waals surface area (Å²) in [6.07, 6.45) is 2.26. The van der Waals surface area contributed by atoms with Crippen molar-refractivity contribution in [1.29, 1.82) is 0 Å². The number of amides is 1. The Morgan fingerprint density at radius 1 is 1.03 bits per heavy atom. The van der Waals surface area contributed by atoms with Gasteiger partial charge in [-0.1, -0.05) is 36.0 Å². The molecule has 2 aliphatic carbocycles. The minimum atomic E-state index is -0.234. The highest BCUT2D eigenvalue weighted by molar-refractivity contribution is 7.99. The van der Waals surface area contributed by atoms with Gasteiger partial charge < -0.3 is 5.32 Å². The van der Waals surface area contributed by atoms with Crippen molar-refractivity contribution in [2.75, 3.05) is 11.1 Å². The average Bonchev–Trinajstić information content (AvgIpc) is 3.48. The monoisotopic (exact) mass is 404 g/mol. The summed E-state index contributed by atoms with van der Waals surface area (Å²) in [6, 6.07) is 11.6. The number of hydrogen-bond donors (Lipinski definition) is 2. The number of anilines is 1. The van der Waals surface area contributed by atoms with Gasteiger partial charge in [0.2, 0.25) is 11.1 Å². The van der Waals surface area contributed by atoms with Crippen LogP contribution in [0.2, 0.25) is 0 Å². The van der Waals surface area contributed by atoms with Crippen LogP contribution in [0.25, 0.3) is 0 Å². The fourth-order valence-corrected chi connectivity index (χ4v) is 3.97. The fraction of sp³-hybridized carbons (Fsp3) is 0.190. The Balaban J connectivity index is 1.29. The largest absolute Gasteiger partial charge is 0.325 e. The van der Waals surface area contributed by atoms with Crippen molar-refractivity contribution in [3.63, 3.8) is 0 Å². The van der Waals surface area contributed by atoms with Crippen LogP contribution in [0.3, 0.4) is 0 Å². The third-order valence-corrected chi connectivity index (χ3v) is 5.83. The Morgan fingerprint density at radius 2 is 1.72 bits per heavy atom. The number of benzene rings is 2. The lowest BCUT2D eigenvalue weighted by Gasteiger charge is -2.18. The molecule has 0 spiro atoms. The van der Waals surface area contributed by atoms with Gasteiger partial charge in [0.15, 0.2) is 11.6 Å². The number of ketones is 2. The van der Waals surface area contributed by atoms with Crippen molar-refractivity contribution in [3.05, 3.63) is 70.5 Å². The molecule has 1 heterocycles. The molecular weight excluding hydrogens is 388 g/mol. The normalized spacial score (nSPS) is 15.0. The van der Waals surface area contributed by atoms with Crippen LogP contribution in [0.15, 0.2) is 47.6 Å². The zero-order chi connectivity index (χ0) is 20.0. The van der Waals surface area contributed by atoms with E-state index in [0.29, 0.717) is 39.0 Å². The molecule has 5 rings (SSSR count). The van der Waals surface area contributed by atoms with Gasteiger partial charge in [-0.2, -0.15) is 0 Å². The Kier molecular flexibility index (Phi) is 4.28. The minimum Gasteiger partial charge on any atom is -0.325 e. The first-order valence-electron chi connectivity index (χ1n) is 9.27. The van der Waals surface area contributed by atoms with Crippen LogP contribution in [0.1, 0.15) is 56.4 Å². The molecule has 0 aliphatic heterocycles. The Morgan fingerprint density at radius 3 is 2.45 bits per heavy atom. The number of nitrogens with zero attached hydrogens (tertiary/aromatic N) is 2. The topological polar surface area (TPSA) is 105 Å². The quantitative estimate of drug-likeness (QED) is 0.495. The molecule has 3 aromatic rings. The number of thioether (sulfide) groups is 1. The van der Waals surface area contributed by atoms with Crippen molar-refractivity contribution >= 4 is 34.9 Å². The van der Waals surface area contributed by atoms with Crippen LogP contribution in [0.4, 0.5) is 5.69 Å². The van der Waals surface area contributed by atoms with E-state index < -0.39 is 0 Å². The summed E-state index contributed by atoms with van der Waals surface area (Å²) >= 11 is 1.25. The highest BCUT2D eigenvalue weighted by Gasteiger charge is 2.29. The number of nitrogens with one attached hydrogen (secondary N) is 2. The van der Waals surface area contributed by atoms with E-state index in [0.717, 1.165) is 18.7 Å².